The second-order valence-corrected chi connectivity index (χ2v) is 4.31. The first-order valence-corrected chi connectivity index (χ1v) is 5.93. The van der Waals surface area contributed by atoms with Crippen molar-refractivity contribution in [2.24, 2.45) is 0 Å². The zero-order valence-corrected chi connectivity index (χ0v) is 10.3. The van der Waals surface area contributed by atoms with Gasteiger partial charge in [-0.1, -0.05) is 5.92 Å². The van der Waals surface area contributed by atoms with E-state index < -0.39 is 12.5 Å². The van der Waals surface area contributed by atoms with Gasteiger partial charge < -0.3 is 15.3 Å². The molecule has 1 aromatic rings. The molecular weight excluding hydrogens is 244 g/mol. The van der Waals surface area contributed by atoms with Crippen LogP contribution in [0.15, 0.2) is 18.2 Å². The van der Waals surface area contributed by atoms with E-state index in [0.717, 1.165) is 29.1 Å². The number of rotatable bonds is 4. The van der Waals surface area contributed by atoms with Crippen LogP contribution in [0.4, 0.5) is 5.69 Å². The fourth-order valence-electron chi connectivity index (χ4n) is 2.09. The maximum atomic E-state index is 12.2. The maximum Gasteiger partial charge on any atom is 0.323 e. The van der Waals surface area contributed by atoms with E-state index in [0.29, 0.717) is 5.56 Å². The molecule has 5 nitrogen and oxygen atoms in total. The first-order valence-electron chi connectivity index (χ1n) is 5.93. The SMILES string of the molecule is C#CCN(CC(=O)O)C(=O)c1ccc2c(c1)CCN2. The Morgan fingerprint density at radius 1 is 1.47 bits per heavy atom. The number of aliphatic carboxylic acids is 1. The van der Waals surface area contributed by atoms with Crippen molar-refractivity contribution in [2.75, 3.05) is 25.0 Å². The number of carboxylic acids is 1. The number of nitrogens with zero attached hydrogens (tertiary/aromatic N) is 1. The first-order chi connectivity index (χ1) is 9.11. The Kier molecular flexibility index (Phi) is 3.71. The second-order valence-electron chi connectivity index (χ2n) is 4.31. The minimum absolute atomic E-state index is 0.0134. The zero-order valence-electron chi connectivity index (χ0n) is 10.3. The highest BCUT2D eigenvalue weighted by atomic mass is 16.4. The Balaban J connectivity index is 2.21. The third kappa shape index (κ3) is 2.86. The molecule has 0 fully saturated rings. The number of anilines is 1. The van der Waals surface area contributed by atoms with Gasteiger partial charge in [-0.15, -0.1) is 6.42 Å². The van der Waals surface area contributed by atoms with Crippen LogP contribution in [-0.4, -0.2) is 41.5 Å². The van der Waals surface area contributed by atoms with Crippen LogP contribution < -0.4 is 5.32 Å². The molecule has 0 unspecified atom stereocenters. The van der Waals surface area contributed by atoms with Crippen LogP contribution in [0.1, 0.15) is 15.9 Å². The van der Waals surface area contributed by atoms with Crippen LogP contribution in [0.3, 0.4) is 0 Å². The molecule has 0 aliphatic carbocycles. The van der Waals surface area contributed by atoms with Crippen LogP contribution in [0.2, 0.25) is 0 Å². The van der Waals surface area contributed by atoms with Gasteiger partial charge in [-0.25, -0.2) is 0 Å². The molecule has 0 bridgehead atoms. The highest BCUT2D eigenvalue weighted by Crippen LogP contribution is 2.23. The summed E-state index contributed by atoms with van der Waals surface area (Å²) in [6.07, 6.45) is 6.03. The summed E-state index contributed by atoms with van der Waals surface area (Å²) in [6.45, 7) is 0.453. The van der Waals surface area contributed by atoms with Gasteiger partial charge in [0.1, 0.15) is 6.54 Å². The molecule has 0 saturated heterocycles. The number of carbonyl (C=O) groups is 2. The molecule has 0 aromatic heterocycles. The number of fused-ring (bicyclic) bond motifs is 1. The van der Waals surface area contributed by atoms with Crippen LogP contribution in [-0.2, 0) is 11.2 Å². The van der Waals surface area contributed by atoms with Crippen molar-refractivity contribution in [3.05, 3.63) is 29.3 Å². The molecule has 98 valence electrons. The molecule has 0 radical (unpaired) electrons. The molecule has 2 N–H and O–H groups in total. The molecule has 0 atom stereocenters. The topological polar surface area (TPSA) is 69.6 Å². The summed E-state index contributed by atoms with van der Waals surface area (Å²) in [5.41, 5.74) is 2.57. The standard InChI is InChI=1S/C14H14N2O3/c1-2-7-16(9-13(17)18)14(19)11-3-4-12-10(8-11)5-6-15-12/h1,3-4,8,15H,5-7,9H2,(H,17,18). The lowest BCUT2D eigenvalue weighted by molar-refractivity contribution is -0.137. The molecule has 1 aliphatic rings. The highest BCUT2D eigenvalue weighted by molar-refractivity contribution is 5.96. The quantitative estimate of drug-likeness (QED) is 0.784. The van der Waals surface area contributed by atoms with Crippen molar-refractivity contribution in [1.29, 1.82) is 0 Å². The Morgan fingerprint density at radius 2 is 2.26 bits per heavy atom. The molecule has 1 heterocycles. The van der Waals surface area contributed by atoms with Crippen molar-refractivity contribution < 1.29 is 14.7 Å². The van der Waals surface area contributed by atoms with Gasteiger partial charge in [0, 0.05) is 17.8 Å². The monoisotopic (exact) mass is 258 g/mol. The molecule has 19 heavy (non-hydrogen) atoms. The summed E-state index contributed by atoms with van der Waals surface area (Å²) >= 11 is 0. The molecule has 0 saturated carbocycles. The van der Waals surface area contributed by atoms with Gasteiger partial charge in [-0.05, 0) is 30.2 Å². The number of hydrogen-bond acceptors (Lipinski definition) is 3. The van der Waals surface area contributed by atoms with E-state index in [1.54, 1.807) is 12.1 Å². The van der Waals surface area contributed by atoms with Crippen LogP contribution in [0, 0.1) is 12.3 Å². The Bertz CT molecular complexity index is 560. The minimum atomic E-state index is -1.08. The average molecular weight is 258 g/mol. The van der Waals surface area contributed by atoms with Gasteiger partial charge in [0.05, 0.1) is 6.54 Å². The van der Waals surface area contributed by atoms with Crippen LogP contribution in [0.25, 0.3) is 0 Å². The van der Waals surface area contributed by atoms with E-state index in [4.69, 9.17) is 11.5 Å². The summed E-state index contributed by atoms with van der Waals surface area (Å²) in [5, 5.41) is 12.0. The van der Waals surface area contributed by atoms with E-state index in [9.17, 15) is 9.59 Å². The van der Waals surface area contributed by atoms with Gasteiger partial charge in [0.25, 0.3) is 5.91 Å². The predicted octanol–water partition coefficient (Wildman–Crippen LogP) is 0.815. The van der Waals surface area contributed by atoms with Crippen molar-refractivity contribution in [2.45, 2.75) is 6.42 Å². The van der Waals surface area contributed by atoms with Gasteiger partial charge in [0.15, 0.2) is 0 Å². The lowest BCUT2D eigenvalue weighted by Gasteiger charge is -2.18. The Hall–Kier alpha value is -2.48. The Labute approximate surface area is 111 Å². The fraction of sp³-hybridized carbons (Fsp3) is 0.286. The predicted molar refractivity (Wildman–Crippen MR) is 71.0 cm³/mol. The van der Waals surface area contributed by atoms with E-state index in [1.807, 2.05) is 6.07 Å². The molecular formula is C14H14N2O3. The van der Waals surface area contributed by atoms with Crippen LogP contribution >= 0.6 is 0 Å². The van der Waals surface area contributed by atoms with Gasteiger partial charge in [-0.3, -0.25) is 9.59 Å². The minimum Gasteiger partial charge on any atom is -0.480 e. The number of nitrogens with one attached hydrogen (secondary N) is 1. The number of hydrogen-bond donors (Lipinski definition) is 2. The lowest BCUT2D eigenvalue weighted by atomic mass is 10.1. The first kappa shape index (κ1) is 13.0. The summed E-state index contributed by atoms with van der Waals surface area (Å²) in [7, 11) is 0. The summed E-state index contributed by atoms with van der Waals surface area (Å²) in [4.78, 5) is 24.1. The van der Waals surface area contributed by atoms with Gasteiger partial charge in [0.2, 0.25) is 0 Å². The molecule has 2 rings (SSSR count). The lowest BCUT2D eigenvalue weighted by Crippen LogP contribution is -2.36. The summed E-state index contributed by atoms with van der Waals surface area (Å²) in [6, 6.07) is 5.32. The van der Waals surface area contributed by atoms with E-state index in [-0.39, 0.29) is 12.5 Å². The van der Waals surface area contributed by atoms with Crippen molar-refractivity contribution >= 4 is 17.6 Å². The molecule has 0 spiro atoms. The van der Waals surface area contributed by atoms with E-state index >= 15 is 0 Å². The largest absolute Gasteiger partial charge is 0.480 e. The number of terminal acetylenes is 1. The smallest absolute Gasteiger partial charge is 0.323 e. The number of amides is 1. The Morgan fingerprint density at radius 3 is 2.95 bits per heavy atom. The second kappa shape index (κ2) is 5.44. The molecule has 1 aromatic carbocycles. The van der Waals surface area contributed by atoms with Crippen LogP contribution in [0.5, 0.6) is 0 Å². The number of carboxylic acid groups (broad SMARTS) is 1. The third-order valence-corrected chi connectivity index (χ3v) is 2.96. The zero-order chi connectivity index (χ0) is 13.8. The summed E-state index contributed by atoms with van der Waals surface area (Å²) in [5.74, 6) is 0.876. The van der Waals surface area contributed by atoms with Gasteiger partial charge in [-0.2, -0.15) is 0 Å². The highest BCUT2D eigenvalue weighted by Gasteiger charge is 2.19. The summed E-state index contributed by atoms with van der Waals surface area (Å²) < 4.78 is 0. The number of benzene rings is 1. The number of carbonyl (C=O) groups excluding carboxylic acids is 1. The van der Waals surface area contributed by atoms with Crippen molar-refractivity contribution in [3.63, 3.8) is 0 Å². The fourth-order valence-corrected chi connectivity index (χ4v) is 2.09. The molecule has 5 heteroatoms. The van der Waals surface area contributed by atoms with Crippen molar-refractivity contribution in [3.8, 4) is 12.3 Å². The molecule has 1 amide bonds. The molecule has 1 aliphatic heterocycles. The van der Waals surface area contributed by atoms with E-state index in [2.05, 4.69) is 11.2 Å². The van der Waals surface area contributed by atoms with Gasteiger partial charge >= 0.3 is 5.97 Å². The van der Waals surface area contributed by atoms with E-state index in [1.165, 1.54) is 0 Å². The van der Waals surface area contributed by atoms with Crippen molar-refractivity contribution in [1.82, 2.24) is 4.90 Å². The maximum absolute atomic E-state index is 12.2. The average Bonchev–Trinajstić information content (AvgIpc) is 2.84. The third-order valence-electron chi connectivity index (χ3n) is 2.96. The normalized spacial score (nSPS) is 12.2.